The first-order chi connectivity index (χ1) is 9.48. The maximum atomic E-state index is 14.1. The number of halogens is 2. The van der Waals surface area contributed by atoms with E-state index in [0.717, 1.165) is 38.4 Å². The second-order valence-corrected chi connectivity index (χ2v) is 6.49. The lowest BCUT2D eigenvalue weighted by Gasteiger charge is -2.50. The maximum Gasteiger partial charge on any atom is 0.129 e. The molecular weight excluding hydrogens is 256 g/mol. The predicted molar refractivity (Wildman–Crippen MR) is 78.8 cm³/mol. The van der Waals surface area contributed by atoms with Crippen molar-refractivity contribution in [2.24, 2.45) is 11.8 Å². The Bertz CT molecular complexity index is 450. The Hall–Kier alpha value is -0.960. The lowest BCUT2D eigenvalue weighted by molar-refractivity contribution is 0.0945. The first kappa shape index (κ1) is 15.4. The van der Waals surface area contributed by atoms with Crippen LogP contribution in [0.3, 0.4) is 0 Å². The summed E-state index contributed by atoms with van der Waals surface area (Å²) in [5, 5.41) is 3.42. The minimum Gasteiger partial charge on any atom is -0.316 e. The molecule has 1 saturated carbocycles. The van der Waals surface area contributed by atoms with Crippen molar-refractivity contribution in [3.05, 3.63) is 35.4 Å². The van der Waals surface area contributed by atoms with E-state index in [1.807, 2.05) is 0 Å². The summed E-state index contributed by atoms with van der Waals surface area (Å²) in [4.78, 5) is 0. The summed E-state index contributed by atoms with van der Waals surface area (Å²) in [5.41, 5.74) is 0.529. The molecule has 0 amide bonds. The quantitative estimate of drug-likeness (QED) is 0.768. The number of hydrogen-bond donors (Lipinski definition) is 1. The van der Waals surface area contributed by atoms with E-state index in [2.05, 4.69) is 26.1 Å². The van der Waals surface area contributed by atoms with Gasteiger partial charge >= 0.3 is 0 Å². The SMILES string of the molecule is CCCNCC1(c2ccc(F)cc2F)CC(C(C)C)C1. The van der Waals surface area contributed by atoms with Crippen LogP contribution >= 0.6 is 0 Å². The second kappa shape index (κ2) is 6.21. The van der Waals surface area contributed by atoms with Gasteiger partial charge in [-0.3, -0.25) is 0 Å². The molecule has 1 fully saturated rings. The van der Waals surface area contributed by atoms with Gasteiger partial charge in [-0.25, -0.2) is 8.78 Å². The zero-order valence-electron chi connectivity index (χ0n) is 12.7. The van der Waals surface area contributed by atoms with E-state index < -0.39 is 11.6 Å². The summed E-state index contributed by atoms with van der Waals surface area (Å²) in [6, 6.07) is 4.02. The van der Waals surface area contributed by atoms with Crippen LogP contribution in [0.15, 0.2) is 18.2 Å². The van der Waals surface area contributed by atoms with Crippen LogP contribution in [0.5, 0.6) is 0 Å². The van der Waals surface area contributed by atoms with E-state index in [4.69, 9.17) is 0 Å². The standard InChI is InChI=1S/C17H25F2N/c1-4-7-20-11-17(9-13(10-17)12(2)3)15-6-5-14(18)8-16(15)19/h5-6,8,12-13,20H,4,7,9-11H2,1-3H3. The lowest BCUT2D eigenvalue weighted by Crippen LogP contribution is -2.50. The van der Waals surface area contributed by atoms with Gasteiger partial charge in [-0.2, -0.15) is 0 Å². The number of nitrogens with one attached hydrogen (secondary N) is 1. The van der Waals surface area contributed by atoms with E-state index in [1.54, 1.807) is 6.07 Å². The fourth-order valence-electron chi connectivity index (χ4n) is 3.30. The van der Waals surface area contributed by atoms with Gasteiger partial charge in [-0.1, -0.05) is 26.8 Å². The summed E-state index contributed by atoms with van der Waals surface area (Å²) in [7, 11) is 0. The molecule has 1 aliphatic carbocycles. The Balaban J connectivity index is 2.19. The van der Waals surface area contributed by atoms with Crippen LogP contribution in [0.2, 0.25) is 0 Å². The first-order valence-electron chi connectivity index (χ1n) is 7.65. The smallest absolute Gasteiger partial charge is 0.129 e. The van der Waals surface area contributed by atoms with Crippen molar-refractivity contribution in [3.8, 4) is 0 Å². The van der Waals surface area contributed by atoms with Crippen LogP contribution in [0, 0.1) is 23.5 Å². The molecule has 1 N–H and O–H groups in total. The fraction of sp³-hybridized carbons (Fsp3) is 0.647. The highest BCUT2D eigenvalue weighted by Crippen LogP contribution is 2.51. The number of benzene rings is 1. The Morgan fingerprint density at radius 2 is 2.00 bits per heavy atom. The normalized spacial score (nSPS) is 25.8. The van der Waals surface area contributed by atoms with Crippen LogP contribution in [0.1, 0.15) is 45.6 Å². The maximum absolute atomic E-state index is 14.1. The average molecular weight is 281 g/mol. The fourth-order valence-corrected chi connectivity index (χ4v) is 3.30. The van der Waals surface area contributed by atoms with Gasteiger partial charge in [0.15, 0.2) is 0 Å². The van der Waals surface area contributed by atoms with Gasteiger partial charge in [-0.05, 0) is 49.3 Å². The van der Waals surface area contributed by atoms with E-state index >= 15 is 0 Å². The minimum atomic E-state index is -0.498. The number of hydrogen-bond acceptors (Lipinski definition) is 1. The molecule has 0 unspecified atom stereocenters. The summed E-state index contributed by atoms with van der Waals surface area (Å²) in [5.74, 6) is 0.369. The van der Waals surface area contributed by atoms with E-state index in [1.165, 1.54) is 6.07 Å². The molecule has 0 heterocycles. The molecule has 0 atom stereocenters. The molecule has 0 spiro atoms. The molecule has 0 aromatic heterocycles. The highest BCUT2D eigenvalue weighted by Gasteiger charge is 2.47. The van der Waals surface area contributed by atoms with E-state index in [9.17, 15) is 8.78 Å². The third kappa shape index (κ3) is 3.03. The highest BCUT2D eigenvalue weighted by atomic mass is 19.1. The highest BCUT2D eigenvalue weighted by molar-refractivity contribution is 5.31. The third-order valence-corrected chi connectivity index (χ3v) is 4.64. The Morgan fingerprint density at radius 3 is 2.55 bits per heavy atom. The van der Waals surface area contributed by atoms with Crippen LogP contribution in [0.4, 0.5) is 8.78 Å². The van der Waals surface area contributed by atoms with Crippen molar-refractivity contribution in [1.29, 1.82) is 0 Å². The van der Waals surface area contributed by atoms with Crippen LogP contribution in [0.25, 0.3) is 0 Å². The molecule has 20 heavy (non-hydrogen) atoms. The van der Waals surface area contributed by atoms with E-state index in [0.29, 0.717) is 17.4 Å². The Morgan fingerprint density at radius 1 is 1.30 bits per heavy atom. The summed E-state index contributed by atoms with van der Waals surface area (Å²) >= 11 is 0. The Kier molecular flexibility index (Phi) is 4.79. The third-order valence-electron chi connectivity index (χ3n) is 4.64. The van der Waals surface area contributed by atoms with Crippen LogP contribution < -0.4 is 5.32 Å². The van der Waals surface area contributed by atoms with Crippen molar-refractivity contribution in [2.45, 2.75) is 45.4 Å². The van der Waals surface area contributed by atoms with Gasteiger partial charge in [0, 0.05) is 18.0 Å². The molecule has 1 aliphatic rings. The average Bonchev–Trinajstić information content (AvgIpc) is 2.33. The van der Waals surface area contributed by atoms with Crippen LogP contribution in [-0.2, 0) is 5.41 Å². The largest absolute Gasteiger partial charge is 0.316 e. The van der Waals surface area contributed by atoms with Crippen molar-refractivity contribution >= 4 is 0 Å². The topological polar surface area (TPSA) is 12.0 Å². The minimum absolute atomic E-state index is 0.151. The lowest BCUT2D eigenvalue weighted by atomic mass is 9.55. The molecule has 0 saturated heterocycles. The van der Waals surface area contributed by atoms with Gasteiger partial charge in [0.1, 0.15) is 11.6 Å². The van der Waals surface area contributed by atoms with Crippen molar-refractivity contribution < 1.29 is 8.78 Å². The molecule has 1 nitrogen and oxygen atoms in total. The number of rotatable bonds is 6. The second-order valence-electron chi connectivity index (χ2n) is 6.49. The summed E-state index contributed by atoms with van der Waals surface area (Å²) < 4.78 is 27.2. The summed E-state index contributed by atoms with van der Waals surface area (Å²) in [6.45, 7) is 8.28. The summed E-state index contributed by atoms with van der Waals surface area (Å²) in [6.07, 6.45) is 3.05. The van der Waals surface area contributed by atoms with Gasteiger partial charge in [-0.15, -0.1) is 0 Å². The monoisotopic (exact) mass is 281 g/mol. The molecule has 3 heteroatoms. The van der Waals surface area contributed by atoms with Crippen molar-refractivity contribution in [3.63, 3.8) is 0 Å². The van der Waals surface area contributed by atoms with Crippen molar-refractivity contribution in [1.82, 2.24) is 5.32 Å². The molecule has 1 aromatic rings. The molecule has 0 bridgehead atoms. The van der Waals surface area contributed by atoms with Gasteiger partial charge < -0.3 is 5.32 Å². The van der Waals surface area contributed by atoms with E-state index in [-0.39, 0.29) is 5.41 Å². The molecular formula is C17H25F2N. The van der Waals surface area contributed by atoms with Gasteiger partial charge in [0.2, 0.25) is 0 Å². The van der Waals surface area contributed by atoms with Crippen LogP contribution in [-0.4, -0.2) is 13.1 Å². The molecule has 112 valence electrons. The molecule has 0 radical (unpaired) electrons. The molecule has 0 aliphatic heterocycles. The molecule has 1 aromatic carbocycles. The molecule has 2 rings (SSSR count). The zero-order chi connectivity index (χ0) is 14.8. The zero-order valence-corrected chi connectivity index (χ0v) is 12.7. The van der Waals surface area contributed by atoms with Gasteiger partial charge in [0.05, 0.1) is 0 Å². The first-order valence-corrected chi connectivity index (χ1v) is 7.65. The predicted octanol–water partition coefficient (Wildman–Crippen LogP) is 4.27. The Labute approximate surface area is 120 Å². The van der Waals surface area contributed by atoms with Crippen molar-refractivity contribution in [2.75, 3.05) is 13.1 Å². The van der Waals surface area contributed by atoms with Gasteiger partial charge in [0.25, 0.3) is 0 Å².